The van der Waals surface area contributed by atoms with E-state index >= 15 is 0 Å². The summed E-state index contributed by atoms with van der Waals surface area (Å²) in [7, 11) is 0. The minimum Gasteiger partial charge on any atom is -0.462 e. The third kappa shape index (κ3) is 6.68. The summed E-state index contributed by atoms with van der Waals surface area (Å²) in [6, 6.07) is 0. The van der Waals surface area contributed by atoms with Gasteiger partial charge in [-0.05, 0) is 91.3 Å². The number of aromatic nitrogens is 2. The van der Waals surface area contributed by atoms with E-state index in [9.17, 15) is 9.59 Å². The van der Waals surface area contributed by atoms with Crippen molar-refractivity contribution in [3.05, 3.63) is 29.9 Å². The number of nitrogens with one attached hydrogen (secondary N) is 2. The maximum Gasteiger partial charge on any atom is 0.306 e. The lowest BCUT2D eigenvalue weighted by atomic mass is 9.47. The molecule has 1 heterocycles. The Bertz CT molecular complexity index is 1100. The number of H-pyrrole nitrogens is 1. The van der Waals surface area contributed by atoms with Crippen LogP contribution >= 0.6 is 0 Å². The Morgan fingerprint density at radius 3 is 2.67 bits per heavy atom. The summed E-state index contributed by atoms with van der Waals surface area (Å²) in [5, 5.41) is 2.88. The molecule has 0 radical (unpaired) electrons. The number of aromatic amines is 1. The van der Waals surface area contributed by atoms with Crippen molar-refractivity contribution in [2.45, 2.75) is 131 Å². The first-order chi connectivity index (χ1) is 20.1. The lowest BCUT2D eigenvalue weighted by molar-refractivity contribution is -0.152. The minimum atomic E-state index is -0.241. The molecule has 4 aliphatic rings. The van der Waals surface area contributed by atoms with Crippen LogP contribution in [0.5, 0.6) is 0 Å². The normalized spacial score (nSPS) is 34.6. The van der Waals surface area contributed by atoms with Gasteiger partial charge in [0.1, 0.15) is 6.10 Å². The predicted octanol–water partition coefficient (Wildman–Crippen LogP) is 7.80. The van der Waals surface area contributed by atoms with E-state index in [-0.39, 0.29) is 36.2 Å². The first-order valence-corrected chi connectivity index (χ1v) is 17.2. The maximum atomic E-state index is 12.7. The van der Waals surface area contributed by atoms with Gasteiger partial charge in [0.25, 0.3) is 0 Å². The van der Waals surface area contributed by atoms with Gasteiger partial charge < -0.3 is 15.0 Å². The van der Waals surface area contributed by atoms with E-state index in [2.05, 4.69) is 56.0 Å². The SMILES string of the molecule is CC(C)CCCC(C)C1CCC2C3CC=C4CC(OC(=O)CCC(=O)NCCc5cnc[nH]5)CCC4(C)C3CCC12C. The van der Waals surface area contributed by atoms with Crippen LogP contribution in [0.2, 0.25) is 0 Å². The van der Waals surface area contributed by atoms with E-state index in [0.717, 1.165) is 60.5 Å². The number of esters is 1. The van der Waals surface area contributed by atoms with Gasteiger partial charge in [-0.3, -0.25) is 9.59 Å². The number of hydrogen-bond acceptors (Lipinski definition) is 4. The Labute approximate surface area is 254 Å². The molecule has 4 aliphatic carbocycles. The zero-order valence-corrected chi connectivity index (χ0v) is 27.1. The summed E-state index contributed by atoms with van der Waals surface area (Å²) < 4.78 is 5.93. The molecule has 3 fully saturated rings. The fourth-order valence-electron chi connectivity index (χ4n) is 10.1. The van der Waals surface area contributed by atoms with Gasteiger partial charge in [-0.2, -0.15) is 0 Å². The summed E-state index contributed by atoms with van der Waals surface area (Å²) >= 11 is 0. The van der Waals surface area contributed by atoms with Crippen LogP contribution in [-0.4, -0.2) is 34.5 Å². The van der Waals surface area contributed by atoms with Crippen molar-refractivity contribution < 1.29 is 14.3 Å². The van der Waals surface area contributed by atoms with E-state index in [1.807, 2.05) is 0 Å². The number of rotatable bonds is 12. The summed E-state index contributed by atoms with van der Waals surface area (Å²) in [4.78, 5) is 31.9. The Hall–Kier alpha value is -2.11. The van der Waals surface area contributed by atoms with Gasteiger partial charge >= 0.3 is 5.97 Å². The number of ether oxygens (including phenoxy) is 1. The molecule has 8 unspecified atom stereocenters. The van der Waals surface area contributed by atoms with Gasteiger partial charge in [0.15, 0.2) is 0 Å². The Balaban J connectivity index is 1.11. The summed E-state index contributed by atoms with van der Waals surface area (Å²) in [5.74, 6) is 4.66. The molecular weight excluding hydrogens is 522 g/mol. The average molecular weight is 580 g/mol. The smallest absolute Gasteiger partial charge is 0.306 e. The second-order valence-corrected chi connectivity index (χ2v) is 15.3. The van der Waals surface area contributed by atoms with Crippen molar-refractivity contribution in [3.63, 3.8) is 0 Å². The zero-order chi connectivity index (χ0) is 29.9. The van der Waals surface area contributed by atoms with Crippen LogP contribution in [0.1, 0.15) is 124 Å². The van der Waals surface area contributed by atoms with Gasteiger partial charge in [-0.15, -0.1) is 0 Å². The molecule has 0 aliphatic heterocycles. The molecule has 3 saturated carbocycles. The van der Waals surface area contributed by atoms with E-state index in [4.69, 9.17) is 4.74 Å². The monoisotopic (exact) mass is 579 g/mol. The van der Waals surface area contributed by atoms with Gasteiger partial charge in [0.2, 0.25) is 5.91 Å². The largest absolute Gasteiger partial charge is 0.462 e. The highest BCUT2D eigenvalue weighted by atomic mass is 16.5. The standard InChI is InChI=1S/C36H57N3O3/c1-24(2)7-6-8-25(3)30-11-12-31-29-10-9-26-21-28(15-18-35(26,4)32(29)16-19-36(30,31)5)42-34(41)14-13-33(40)38-20-17-27-22-37-23-39-27/h9,22-25,28-32H,6-8,10-21H2,1-5H3,(H,37,39)(H,38,40). The second kappa shape index (κ2) is 13.3. The Morgan fingerprint density at radius 2 is 1.90 bits per heavy atom. The lowest BCUT2D eigenvalue weighted by Crippen LogP contribution is -2.51. The number of carbonyl (C=O) groups is 2. The quantitative estimate of drug-likeness (QED) is 0.195. The van der Waals surface area contributed by atoms with Crippen LogP contribution < -0.4 is 5.32 Å². The Kier molecular flexibility index (Phi) is 9.89. The van der Waals surface area contributed by atoms with Crippen molar-refractivity contribution in [3.8, 4) is 0 Å². The van der Waals surface area contributed by atoms with Crippen molar-refractivity contribution in [1.82, 2.24) is 15.3 Å². The average Bonchev–Trinajstić information content (AvgIpc) is 3.59. The topological polar surface area (TPSA) is 84.1 Å². The predicted molar refractivity (Wildman–Crippen MR) is 167 cm³/mol. The molecule has 2 N–H and O–H groups in total. The van der Waals surface area contributed by atoms with E-state index in [1.165, 1.54) is 51.4 Å². The van der Waals surface area contributed by atoms with Crippen LogP contribution in [0.3, 0.4) is 0 Å². The number of allylic oxidation sites excluding steroid dienone is 1. The van der Waals surface area contributed by atoms with E-state index < -0.39 is 0 Å². The molecule has 1 amide bonds. The number of hydrogen-bond donors (Lipinski definition) is 2. The molecule has 5 rings (SSSR count). The highest BCUT2D eigenvalue weighted by molar-refractivity contribution is 5.81. The molecule has 0 bridgehead atoms. The van der Waals surface area contributed by atoms with Gasteiger partial charge in [-0.1, -0.05) is 65.5 Å². The first kappa shape index (κ1) is 31.3. The minimum absolute atomic E-state index is 0.0479. The van der Waals surface area contributed by atoms with E-state index in [0.29, 0.717) is 18.4 Å². The van der Waals surface area contributed by atoms with Gasteiger partial charge in [0, 0.05) is 37.7 Å². The van der Waals surface area contributed by atoms with E-state index in [1.54, 1.807) is 18.1 Å². The molecule has 6 nitrogen and oxygen atoms in total. The van der Waals surface area contributed by atoms with Gasteiger partial charge in [0.05, 0.1) is 12.7 Å². The molecular formula is C36H57N3O3. The number of nitrogens with zero attached hydrogens (tertiary/aromatic N) is 1. The fourth-order valence-corrected chi connectivity index (χ4v) is 10.1. The van der Waals surface area contributed by atoms with Crippen LogP contribution in [-0.2, 0) is 20.7 Å². The van der Waals surface area contributed by atoms with Crippen LogP contribution in [0, 0.1) is 46.3 Å². The summed E-state index contributed by atoms with van der Waals surface area (Å²) in [6.07, 6.45) is 20.8. The fraction of sp³-hybridized carbons (Fsp3) is 0.806. The number of fused-ring (bicyclic) bond motifs is 5. The molecule has 1 aromatic heterocycles. The molecule has 0 saturated heterocycles. The number of carbonyl (C=O) groups excluding carboxylic acids is 2. The molecule has 8 atom stereocenters. The van der Waals surface area contributed by atoms with Crippen molar-refractivity contribution in [2.75, 3.05) is 6.54 Å². The molecule has 1 aromatic rings. The third-order valence-corrected chi connectivity index (χ3v) is 12.4. The third-order valence-electron chi connectivity index (χ3n) is 12.4. The van der Waals surface area contributed by atoms with Crippen LogP contribution in [0.4, 0.5) is 0 Å². The summed E-state index contributed by atoms with van der Waals surface area (Å²) in [5.41, 5.74) is 3.30. The Morgan fingerprint density at radius 1 is 1.07 bits per heavy atom. The molecule has 42 heavy (non-hydrogen) atoms. The molecule has 234 valence electrons. The maximum absolute atomic E-state index is 12.7. The van der Waals surface area contributed by atoms with Crippen molar-refractivity contribution in [1.29, 1.82) is 0 Å². The summed E-state index contributed by atoms with van der Waals surface area (Å²) in [6.45, 7) is 13.0. The van der Waals surface area contributed by atoms with Crippen LogP contribution in [0.25, 0.3) is 0 Å². The highest BCUT2D eigenvalue weighted by Gasteiger charge is 2.59. The molecule has 6 heteroatoms. The second-order valence-electron chi connectivity index (χ2n) is 15.3. The van der Waals surface area contributed by atoms with Crippen molar-refractivity contribution in [2.24, 2.45) is 46.3 Å². The number of imidazole rings is 1. The molecule has 0 spiro atoms. The highest BCUT2D eigenvalue weighted by Crippen LogP contribution is 2.67. The van der Waals surface area contributed by atoms with Crippen LogP contribution in [0.15, 0.2) is 24.2 Å². The van der Waals surface area contributed by atoms with Gasteiger partial charge in [-0.25, -0.2) is 4.98 Å². The zero-order valence-electron chi connectivity index (χ0n) is 27.1. The van der Waals surface area contributed by atoms with Crippen molar-refractivity contribution >= 4 is 11.9 Å². The first-order valence-electron chi connectivity index (χ1n) is 17.2. The number of amides is 1. The molecule has 0 aromatic carbocycles. The lowest BCUT2D eigenvalue weighted by Gasteiger charge is -2.58.